The highest BCUT2D eigenvalue weighted by atomic mass is 35.5. The number of hydrogen-bond acceptors (Lipinski definition) is 4. The summed E-state index contributed by atoms with van der Waals surface area (Å²) in [4.78, 5) is 26.5. The van der Waals surface area contributed by atoms with Crippen molar-refractivity contribution in [3.05, 3.63) is 69.3 Å². The van der Waals surface area contributed by atoms with Crippen molar-refractivity contribution >= 4 is 40.8 Å². The van der Waals surface area contributed by atoms with Gasteiger partial charge in [-0.25, -0.2) is 4.79 Å². The minimum absolute atomic E-state index is 0.136. The van der Waals surface area contributed by atoms with Crippen molar-refractivity contribution in [3.8, 4) is 17.3 Å². The Kier molecular flexibility index (Phi) is 5.55. The molecule has 0 atom stereocenters. The predicted molar refractivity (Wildman–Crippen MR) is 117 cm³/mol. The number of halogens is 2. The highest BCUT2D eigenvalue weighted by Gasteiger charge is 2.31. The Morgan fingerprint density at radius 1 is 1.13 bits per heavy atom. The molecule has 0 saturated heterocycles. The molecule has 156 valence electrons. The third-order valence-corrected chi connectivity index (χ3v) is 5.82. The summed E-state index contributed by atoms with van der Waals surface area (Å²) >= 11 is 12.6. The van der Waals surface area contributed by atoms with Crippen LogP contribution in [0.2, 0.25) is 10.0 Å². The van der Waals surface area contributed by atoms with Crippen LogP contribution in [0.3, 0.4) is 0 Å². The molecule has 4 rings (SSSR count). The largest absolute Gasteiger partial charge is 0.351 e. The maximum absolute atomic E-state index is 13.3. The zero-order valence-electron chi connectivity index (χ0n) is 16.1. The van der Waals surface area contributed by atoms with Crippen LogP contribution in [0.5, 0.6) is 0 Å². The molecule has 3 N–H and O–H groups in total. The second kappa shape index (κ2) is 8.30. The van der Waals surface area contributed by atoms with Gasteiger partial charge >= 0.3 is 6.03 Å². The second-order valence-electron chi connectivity index (χ2n) is 6.90. The number of carbonyl (C=O) groups excluding carboxylic acids is 2. The van der Waals surface area contributed by atoms with Crippen LogP contribution in [0.4, 0.5) is 10.5 Å². The molecule has 3 aromatic rings. The lowest BCUT2D eigenvalue weighted by Gasteiger charge is -2.26. The topological polar surface area (TPSA) is 117 Å². The van der Waals surface area contributed by atoms with Crippen molar-refractivity contribution in [2.24, 2.45) is 5.73 Å². The van der Waals surface area contributed by atoms with Crippen molar-refractivity contribution < 1.29 is 9.59 Å². The SMILES string of the molecule is N#Cc1ccc(NC(=O)c2c(-c3cccc(Cl)c3Cl)nn3c2CN(C(N)=O)CC3)cc1. The van der Waals surface area contributed by atoms with E-state index in [-0.39, 0.29) is 17.1 Å². The summed E-state index contributed by atoms with van der Waals surface area (Å²) in [6.07, 6.45) is 0. The normalized spacial score (nSPS) is 12.7. The first-order chi connectivity index (χ1) is 14.9. The molecular weight excluding hydrogens is 439 g/mol. The molecule has 0 fully saturated rings. The van der Waals surface area contributed by atoms with E-state index in [9.17, 15) is 9.59 Å². The van der Waals surface area contributed by atoms with E-state index in [1.807, 2.05) is 6.07 Å². The van der Waals surface area contributed by atoms with Gasteiger partial charge in [-0.05, 0) is 30.3 Å². The van der Waals surface area contributed by atoms with Crippen molar-refractivity contribution in [2.75, 3.05) is 11.9 Å². The summed E-state index contributed by atoms with van der Waals surface area (Å²) in [5.41, 5.74) is 8.13. The lowest BCUT2D eigenvalue weighted by molar-refractivity contribution is 0.102. The maximum Gasteiger partial charge on any atom is 0.315 e. The molecule has 10 heteroatoms. The van der Waals surface area contributed by atoms with E-state index in [1.165, 1.54) is 4.90 Å². The summed E-state index contributed by atoms with van der Waals surface area (Å²) in [6.45, 7) is 0.896. The molecule has 0 radical (unpaired) electrons. The fourth-order valence-electron chi connectivity index (χ4n) is 3.44. The number of hydrogen-bond donors (Lipinski definition) is 2. The minimum Gasteiger partial charge on any atom is -0.351 e. The van der Waals surface area contributed by atoms with E-state index in [1.54, 1.807) is 47.1 Å². The summed E-state index contributed by atoms with van der Waals surface area (Å²) in [5, 5.41) is 17.0. The zero-order chi connectivity index (χ0) is 22.1. The number of carbonyl (C=O) groups is 2. The van der Waals surface area contributed by atoms with Gasteiger partial charge in [0.2, 0.25) is 0 Å². The molecule has 0 aliphatic carbocycles. The molecule has 8 nitrogen and oxygen atoms in total. The number of amides is 3. The van der Waals surface area contributed by atoms with Crippen LogP contribution in [-0.2, 0) is 13.1 Å². The Bertz CT molecular complexity index is 1230. The number of benzene rings is 2. The van der Waals surface area contributed by atoms with Gasteiger partial charge in [-0.15, -0.1) is 0 Å². The van der Waals surface area contributed by atoms with Gasteiger partial charge in [0.15, 0.2) is 0 Å². The highest BCUT2D eigenvalue weighted by molar-refractivity contribution is 6.43. The van der Waals surface area contributed by atoms with Gasteiger partial charge in [-0.2, -0.15) is 10.4 Å². The Balaban J connectivity index is 1.81. The number of urea groups is 1. The van der Waals surface area contributed by atoms with Gasteiger partial charge in [0.05, 0.1) is 46.0 Å². The summed E-state index contributed by atoms with van der Waals surface area (Å²) < 4.78 is 1.68. The first-order valence-corrected chi connectivity index (χ1v) is 10.0. The standard InChI is InChI=1S/C21H16Cl2N6O2/c22-15-3-1-2-14(18(15)23)19-17(16-11-28(21(25)31)8-9-29(16)27-19)20(30)26-13-6-4-12(10-24)5-7-13/h1-7H,8-9,11H2,(H2,25,31)(H,26,30). The monoisotopic (exact) mass is 454 g/mol. The fourth-order valence-corrected chi connectivity index (χ4v) is 3.83. The number of primary amides is 1. The van der Waals surface area contributed by atoms with Crippen molar-refractivity contribution in [1.82, 2.24) is 14.7 Å². The summed E-state index contributed by atoms with van der Waals surface area (Å²) in [6, 6.07) is 13.0. The van der Waals surface area contributed by atoms with Crippen molar-refractivity contribution in [3.63, 3.8) is 0 Å². The number of nitrogens with zero attached hydrogens (tertiary/aromatic N) is 4. The second-order valence-corrected chi connectivity index (χ2v) is 7.68. The van der Waals surface area contributed by atoms with Crippen LogP contribution in [0.15, 0.2) is 42.5 Å². The van der Waals surface area contributed by atoms with Gasteiger partial charge in [-0.1, -0.05) is 35.3 Å². The van der Waals surface area contributed by atoms with E-state index in [0.717, 1.165) is 0 Å². The van der Waals surface area contributed by atoms with Gasteiger partial charge < -0.3 is 16.0 Å². The molecular formula is C21H16Cl2N6O2. The molecule has 1 aliphatic rings. The van der Waals surface area contributed by atoms with Crippen LogP contribution in [0.1, 0.15) is 21.6 Å². The first-order valence-electron chi connectivity index (χ1n) is 9.29. The van der Waals surface area contributed by atoms with Crippen molar-refractivity contribution in [1.29, 1.82) is 5.26 Å². The number of nitrogens with two attached hydrogens (primary N) is 1. The Hall–Kier alpha value is -3.54. The molecule has 31 heavy (non-hydrogen) atoms. The fraction of sp³-hybridized carbons (Fsp3) is 0.143. The van der Waals surface area contributed by atoms with E-state index in [4.69, 9.17) is 34.2 Å². The predicted octanol–water partition coefficient (Wildman–Crippen LogP) is 3.88. The Morgan fingerprint density at radius 2 is 1.87 bits per heavy atom. The molecule has 0 spiro atoms. The van der Waals surface area contributed by atoms with Gasteiger partial charge in [0, 0.05) is 17.8 Å². The van der Waals surface area contributed by atoms with Gasteiger partial charge in [0.1, 0.15) is 5.69 Å². The smallest absolute Gasteiger partial charge is 0.315 e. The first kappa shape index (κ1) is 20.7. The third kappa shape index (κ3) is 3.93. The Morgan fingerprint density at radius 3 is 2.55 bits per heavy atom. The molecule has 0 saturated carbocycles. The molecule has 1 aliphatic heterocycles. The quantitative estimate of drug-likeness (QED) is 0.624. The number of anilines is 1. The number of aromatic nitrogens is 2. The number of nitrogens with one attached hydrogen (secondary N) is 1. The van der Waals surface area contributed by atoms with E-state index < -0.39 is 11.9 Å². The average molecular weight is 455 g/mol. The Labute approximate surface area is 187 Å². The molecule has 1 aromatic heterocycles. The van der Waals surface area contributed by atoms with Crippen LogP contribution >= 0.6 is 23.2 Å². The summed E-state index contributed by atoms with van der Waals surface area (Å²) in [5.74, 6) is -0.427. The third-order valence-electron chi connectivity index (χ3n) is 5.00. The number of rotatable bonds is 3. The van der Waals surface area contributed by atoms with E-state index in [0.29, 0.717) is 46.3 Å². The van der Waals surface area contributed by atoms with Crippen LogP contribution in [0, 0.1) is 11.3 Å². The minimum atomic E-state index is -0.576. The summed E-state index contributed by atoms with van der Waals surface area (Å²) in [7, 11) is 0. The number of fused-ring (bicyclic) bond motifs is 1. The lowest BCUT2D eigenvalue weighted by atomic mass is 10.0. The molecule has 0 unspecified atom stereocenters. The molecule has 2 heterocycles. The van der Waals surface area contributed by atoms with Crippen LogP contribution < -0.4 is 11.1 Å². The maximum atomic E-state index is 13.3. The zero-order valence-corrected chi connectivity index (χ0v) is 17.6. The average Bonchev–Trinajstić information content (AvgIpc) is 3.14. The highest BCUT2D eigenvalue weighted by Crippen LogP contribution is 2.36. The van der Waals surface area contributed by atoms with E-state index >= 15 is 0 Å². The van der Waals surface area contributed by atoms with Crippen LogP contribution in [-0.4, -0.2) is 33.2 Å². The van der Waals surface area contributed by atoms with Gasteiger partial charge in [0.25, 0.3) is 5.91 Å². The number of nitriles is 1. The van der Waals surface area contributed by atoms with Gasteiger partial charge in [-0.3, -0.25) is 9.48 Å². The lowest BCUT2D eigenvalue weighted by Crippen LogP contribution is -2.42. The molecule has 2 aromatic carbocycles. The van der Waals surface area contributed by atoms with E-state index in [2.05, 4.69) is 10.4 Å². The molecule has 0 bridgehead atoms. The van der Waals surface area contributed by atoms with Crippen molar-refractivity contribution in [2.45, 2.75) is 13.1 Å². The van der Waals surface area contributed by atoms with Crippen LogP contribution in [0.25, 0.3) is 11.3 Å². The molecule has 3 amide bonds.